The van der Waals surface area contributed by atoms with Gasteiger partial charge >= 0.3 is 0 Å². The highest BCUT2D eigenvalue weighted by molar-refractivity contribution is 7.12. The van der Waals surface area contributed by atoms with Crippen molar-refractivity contribution >= 4 is 29.0 Å². The van der Waals surface area contributed by atoms with E-state index in [1.165, 1.54) is 18.3 Å². The summed E-state index contributed by atoms with van der Waals surface area (Å²) in [4.78, 5) is 23.8. The van der Waals surface area contributed by atoms with Crippen LogP contribution in [0.3, 0.4) is 0 Å². The second-order valence-electron chi connectivity index (χ2n) is 4.48. The number of hydrogen-bond donors (Lipinski definition) is 3. The monoisotopic (exact) mass is 267 g/mol. The Labute approximate surface area is 110 Å². The summed E-state index contributed by atoms with van der Waals surface area (Å²) in [6, 6.07) is 0. The van der Waals surface area contributed by atoms with Gasteiger partial charge in [-0.1, -0.05) is 13.8 Å². The Kier molecular flexibility index (Phi) is 4.61. The van der Waals surface area contributed by atoms with E-state index in [9.17, 15) is 9.59 Å². The van der Waals surface area contributed by atoms with Crippen LogP contribution in [-0.2, 0) is 6.42 Å². The topological polar surface area (TPSA) is 96.0 Å². The van der Waals surface area contributed by atoms with E-state index < -0.39 is 11.9 Å². The van der Waals surface area contributed by atoms with Crippen molar-refractivity contribution in [3.63, 3.8) is 0 Å². The maximum atomic E-state index is 11.9. The predicted molar refractivity (Wildman–Crippen MR) is 72.2 cm³/mol. The van der Waals surface area contributed by atoms with Crippen molar-refractivity contribution < 1.29 is 9.59 Å². The Bertz CT molecular complexity index is 492. The van der Waals surface area contributed by atoms with Crippen LogP contribution >= 0.6 is 11.3 Å². The number of thiophene rings is 1. The second-order valence-corrected chi connectivity index (χ2v) is 5.36. The summed E-state index contributed by atoms with van der Waals surface area (Å²) in [6.07, 6.45) is 0.652. The number of rotatable bonds is 4. The van der Waals surface area contributed by atoms with Crippen LogP contribution in [-0.4, -0.2) is 17.6 Å². The van der Waals surface area contributed by atoms with Crippen molar-refractivity contribution in [3.05, 3.63) is 21.4 Å². The van der Waals surface area contributed by atoms with Gasteiger partial charge in [-0.2, -0.15) is 0 Å². The fourth-order valence-electron chi connectivity index (χ4n) is 1.66. The molecule has 0 aliphatic carbocycles. The van der Waals surface area contributed by atoms with Gasteiger partial charge < -0.3 is 5.73 Å². The number of carbonyl (C=O) groups is 2. The Morgan fingerprint density at radius 2 is 2.11 bits per heavy atom. The first-order chi connectivity index (χ1) is 8.32. The van der Waals surface area contributed by atoms with E-state index in [0.717, 1.165) is 5.56 Å². The van der Waals surface area contributed by atoms with Crippen LogP contribution in [0.25, 0.3) is 0 Å². The van der Waals surface area contributed by atoms with E-state index in [-0.39, 0.29) is 5.78 Å². The zero-order valence-corrected chi connectivity index (χ0v) is 11.5. The molecule has 0 fully saturated rings. The summed E-state index contributed by atoms with van der Waals surface area (Å²) < 4.78 is 0. The largest absolute Gasteiger partial charge is 0.370 e. The lowest BCUT2D eigenvalue weighted by Crippen LogP contribution is -2.35. The van der Waals surface area contributed by atoms with Crippen LogP contribution in [0, 0.1) is 11.3 Å². The number of ketones is 1. The molecule has 4 N–H and O–H groups in total. The van der Waals surface area contributed by atoms with E-state index in [0.29, 0.717) is 22.8 Å². The lowest BCUT2D eigenvalue weighted by molar-refractivity contribution is 0.0979. The number of Topliss-reactive ketones (excluding diaryl/α,β-unsaturated/α-hetero) is 1. The molecule has 0 bridgehead atoms. The van der Waals surface area contributed by atoms with Crippen molar-refractivity contribution in [2.45, 2.75) is 27.2 Å². The molecule has 6 heteroatoms. The molecule has 0 spiro atoms. The molecule has 0 unspecified atom stereocenters. The number of guanidine groups is 1. The van der Waals surface area contributed by atoms with Gasteiger partial charge in [-0.05, 0) is 24.8 Å². The number of nitrogens with one attached hydrogen (secondary N) is 2. The van der Waals surface area contributed by atoms with Crippen LogP contribution in [0.2, 0.25) is 0 Å². The minimum atomic E-state index is -0.421. The molecule has 0 aliphatic rings. The van der Waals surface area contributed by atoms with Gasteiger partial charge in [0.05, 0.1) is 4.88 Å². The van der Waals surface area contributed by atoms with Crippen molar-refractivity contribution in [3.8, 4) is 0 Å². The standard InChI is InChI=1S/C12H17N3O2S/c1-6(2)4-8-9(7(3)16)5-18-10(8)11(17)15-12(13)14/h5-6H,4H2,1-3H3,(H4,13,14,15,17). The molecule has 0 aliphatic heterocycles. The minimum absolute atomic E-state index is 0.0521. The highest BCUT2D eigenvalue weighted by Gasteiger charge is 2.21. The molecule has 1 rings (SSSR count). The number of hydrogen-bond acceptors (Lipinski definition) is 4. The summed E-state index contributed by atoms with van der Waals surface area (Å²) in [5.74, 6) is -0.533. The van der Waals surface area contributed by atoms with Gasteiger partial charge in [0.25, 0.3) is 5.91 Å². The Hall–Kier alpha value is -1.69. The summed E-state index contributed by atoms with van der Waals surface area (Å²) in [6.45, 7) is 5.53. The third-order valence-corrected chi connectivity index (χ3v) is 3.36. The molecule has 18 heavy (non-hydrogen) atoms. The van der Waals surface area contributed by atoms with Crippen LogP contribution < -0.4 is 11.1 Å². The van der Waals surface area contributed by atoms with Crippen molar-refractivity contribution in [2.75, 3.05) is 0 Å². The molecule has 0 radical (unpaired) electrons. The van der Waals surface area contributed by atoms with Crippen molar-refractivity contribution in [1.29, 1.82) is 5.41 Å². The van der Waals surface area contributed by atoms with Crippen LogP contribution in [0.4, 0.5) is 0 Å². The fourth-order valence-corrected chi connectivity index (χ4v) is 2.70. The molecule has 0 atom stereocenters. The maximum Gasteiger partial charge on any atom is 0.268 e. The molecule has 5 nitrogen and oxygen atoms in total. The zero-order chi connectivity index (χ0) is 13.9. The van der Waals surface area contributed by atoms with E-state index in [1.54, 1.807) is 5.38 Å². The molecule has 98 valence electrons. The van der Waals surface area contributed by atoms with Gasteiger partial charge in [0.15, 0.2) is 11.7 Å². The first kappa shape index (κ1) is 14.4. The molecule has 1 heterocycles. The van der Waals surface area contributed by atoms with Gasteiger partial charge in [0, 0.05) is 10.9 Å². The molecular weight excluding hydrogens is 250 g/mol. The highest BCUT2D eigenvalue weighted by Crippen LogP contribution is 2.26. The summed E-state index contributed by atoms with van der Waals surface area (Å²) in [5, 5.41) is 11.0. The smallest absolute Gasteiger partial charge is 0.268 e. The molecule has 0 aromatic carbocycles. The van der Waals surface area contributed by atoms with Crippen LogP contribution in [0.15, 0.2) is 5.38 Å². The summed E-state index contributed by atoms with van der Waals surface area (Å²) in [7, 11) is 0. The first-order valence-corrected chi connectivity index (χ1v) is 6.47. The number of nitrogens with two attached hydrogens (primary N) is 1. The average Bonchev–Trinajstić information content (AvgIpc) is 2.59. The van der Waals surface area contributed by atoms with Gasteiger partial charge in [-0.25, -0.2) is 0 Å². The SMILES string of the molecule is CC(=O)c1csc(C(=O)NC(=N)N)c1CC(C)C. The number of carbonyl (C=O) groups excluding carboxylic acids is 2. The Morgan fingerprint density at radius 3 is 2.56 bits per heavy atom. The first-order valence-electron chi connectivity index (χ1n) is 5.59. The van der Waals surface area contributed by atoms with Crippen LogP contribution in [0.5, 0.6) is 0 Å². The number of amides is 1. The summed E-state index contributed by atoms with van der Waals surface area (Å²) >= 11 is 1.21. The molecule has 1 amide bonds. The van der Waals surface area contributed by atoms with E-state index >= 15 is 0 Å². The molecule has 1 aromatic heterocycles. The lowest BCUT2D eigenvalue weighted by atomic mass is 9.98. The molecule has 1 aromatic rings. The minimum Gasteiger partial charge on any atom is -0.370 e. The maximum absolute atomic E-state index is 11.9. The van der Waals surface area contributed by atoms with Gasteiger partial charge in [0.1, 0.15) is 0 Å². The fraction of sp³-hybridized carbons (Fsp3) is 0.417. The third-order valence-electron chi connectivity index (χ3n) is 2.34. The average molecular weight is 267 g/mol. The molecule has 0 saturated carbocycles. The Morgan fingerprint density at radius 1 is 1.50 bits per heavy atom. The van der Waals surface area contributed by atoms with E-state index in [1.807, 2.05) is 13.8 Å². The molecular formula is C12H17N3O2S. The quantitative estimate of drug-likeness (QED) is 0.440. The van der Waals surface area contributed by atoms with Gasteiger partial charge in [-0.3, -0.25) is 20.3 Å². The second kappa shape index (κ2) is 5.77. The van der Waals surface area contributed by atoms with E-state index in [2.05, 4.69) is 5.32 Å². The third kappa shape index (κ3) is 3.40. The van der Waals surface area contributed by atoms with Crippen molar-refractivity contribution in [2.24, 2.45) is 11.7 Å². The zero-order valence-electron chi connectivity index (χ0n) is 10.7. The Balaban J connectivity index is 3.15. The molecule has 0 saturated heterocycles. The van der Waals surface area contributed by atoms with Gasteiger partial charge in [-0.15, -0.1) is 11.3 Å². The predicted octanol–water partition coefficient (Wildman–Crippen LogP) is 1.77. The normalized spacial score (nSPS) is 10.4. The van der Waals surface area contributed by atoms with Gasteiger partial charge in [0.2, 0.25) is 0 Å². The lowest BCUT2D eigenvalue weighted by Gasteiger charge is -2.08. The highest BCUT2D eigenvalue weighted by atomic mass is 32.1. The van der Waals surface area contributed by atoms with Crippen molar-refractivity contribution in [1.82, 2.24) is 5.32 Å². The van der Waals surface area contributed by atoms with E-state index in [4.69, 9.17) is 11.1 Å². The summed E-state index contributed by atoms with van der Waals surface area (Å²) in [5.41, 5.74) is 6.47. The van der Waals surface area contributed by atoms with Crippen LogP contribution in [0.1, 0.15) is 46.4 Å².